The molecule has 0 aromatic heterocycles. The Morgan fingerprint density at radius 1 is 1.40 bits per heavy atom. The van der Waals surface area contributed by atoms with Crippen LogP contribution in [0.3, 0.4) is 0 Å². The molecule has 0 bridgehead atoms. The summed E-state index contributed by atoms with van der Waals surface area (Å²) in [6.45, 7) is 5.29. The highest BCUT2D eigenvalue weighted by Crippen LogP contribution is 2.18. The molecule has 1 aromatic rings. The third-order valence-corrected chi connectivity index (χ3v) is 5.22. The van der Waals surface area contributed by atoms with Crippen molar-refractivity contribution in [1.29, 1.82) is 5.41 Å². The predicted molar refractivity (Wildman–Crippen MR) is 82.4 cm³/mol. The Bertz CT molecular complexity index is 557. The Morgan fingerprint density at radius 3 is 2.40 bits per heavy atom. The van der Waals surface area contributed by atoms with Gasteiger partial charge in [0, 0.05) is 0 Å². The van der Waals surface area contributed by atoms with Gasteiger partial charge in [0.2, 0.25) is 10.0 Å². The van der Waals surface area contributed by atoms with Gasteiger partial charge in [0.05, 0.1) is 11.3 Å². The summed E-state index contributed by atoms with van der Waals surface area (Å²) in [6.07, 6.45) is 0.432. The van der Waals surface area contributed by atoms with Gasteiger partial charge in [-0.25, -0.2) is 13.1 Å². The highest BCUT2D eigenvalue weighted by Gasteiger charge is 2.31. The van der Waals surface area contributed by atoms with Crippen LogP contribution in [0.2, 0.25) is 0 Å². The minimum absolute atomic E-state index is 0.0279. The monoisotopic (exact) mass is 297 g/mol. The van der Waals surface area contributed by atoms with Crippen molar-refractivity contribution in [3.63, 3.8) is 0 Å². The Kier molecular flexibility index (Phi) is 5.30. The van der Waals surface area contributed by atoms with Crippen LogP contribution >= 0.6 is 0 Å². The smallest absolute Gasteiger partial charge is 0.213 e. The zero-order valence-corrected chi connectivity index (χ0v) is 13.0. The summed E-state index contributed by atoms with van der Waals surface area (Å²) in [5.74, 6) is -0.322. The van der Waals surface area contributed by atoms with Crippen molar-refractivity contribution < 1.29 is 8.42 Å². The first kappa shape index (κ1) is 16.7. The molecular formula is C14H23N3O2S. The molecule has 6 heteroatoms. The lowest BCUT2D eigenvalue weighted by Crippen LogP contribution is -2.55. The zero-order valence-electron chi connectivity index (χ0n) is 12.2. The molecule has 2 atom stereocenters. The maximum Gasteiger partial charge on any atom is 0.213 e. The first-order chi connectivity index (χ1) is 9.20. The molecule has 0 heterocycles. The Labute approximate surface area is 121 Å². The van der Waals surface area contributed by atoms with Crippen LogP contribution in [-0.4, -0.2) is 25.5 Å². The molecule has 4 N–H and O–H groups in total. The molecule has 0 aliphatic rings. The maximum atomic E-state index is 12.2. The second kappa shape index (κ2) is 6.37. The Balaban J connectivity index is 2.83. The fourth-order valence-corrected chi connectivity index (χ4v) is 3.78. The molecule has 20 heavy (non-hydrogen) atoms. The first-order valence-electron chi connectivity index (χ1n) is 6.61. The van der Waals surface area contributed by atoms with Crippen LogP contribution in [0.1, 0.15) is 38.7 Å². The van der Waals surface area contributed by atoms with Crippen molar-refractivity contribution in [3.05, 3.63) is 35.9 Å². The predicted octanol–water partition coefficient (Wildman–Crippen LogP) is 1.81. The number of sulfonamides is 1. The number of amidine groups is 1. The number of hydrogen-bond acceptors (Lipinski definition) is 3. The topological polar surface area (TPSA) is 96.0 Å². The van der Waals surface area contributed by atoms with Gasteiger partial charge in [0.15, 0.2) is 0 Å². The summed E-state index contributed by atoms with van der Waals surface area (Å²) in [5.41, 5.74) is 5.44. The lowest BCUT2D eigenvalue weighted by molar-refractivity contribution is 0.503. The molecule has 0 fully saturated rings. The second-order valence-electron chi connectivity index (χ2n) is 5.29. The highest BCUT2D eigenvalue weighted by atomic mass is 32.2. The van der Waals surface area contributed by atoms with Crippen molar-refractivity contribution >= 4 is 15.9 Å². The van der Waals surface area contributed by atoms with Crippen LogP contribution in [-0.2, 0) is 10.0 Å². The molecule has 2 unspecified atom stereocenters. The van der Waals surface area contributed by atoms with Gasteiger partial charge in [0.25, 0.3) is 0 Å². The fraction of sp³-hybridized carbons (Fsp3) is 0.500. The number of nitrogens with one attached hydrogen (secondary N) is 2. The molecule has 0 saturated carbocycles. The number of hydrogen-bond donors (Lipinski definition) is 3. The van der Waals surface area contributed by atoms with E-state index in [2.05, 4.69) is 4.72 Å². The van der Waals surface area contributed by atoms with Crippen molar-refractivity contribution in [2.75, 3.05) is 5.75 Å². The third-order valence-electron chi connectivity index (χ3n) is 3.52. The SMILES string of the molecule is CCC(C)(NS(=O)(=O)CC(C)c1ccccc1)C(=N)N. The standard InChI is InChI=1S/C14H23N3O2S/c1-4-14(3,13(15)16)17-20(18,19)10-11(2)12-8-6-5-7-9-12/h5-9,11,17H,4,10H2,1-3H3,(H3,15,16). The largest absolute Gasteiger partial charge is 0.386 e. The molecule has 0 saturated heterocycles. The van der Waals surface area contributed by atoms with Crippen molar-refractivity contribution in [2.45, 2.75) is 38.6 Å². The molecule has 0 spiro atoms. The van der Waals surface area contributed by atoms with Crippen LogP contribution in [0.15, 0.2) is 30.3 Å². The minimum Gasteiger partial charge on any atom is -0.386 e. The van der Waals surface area contributed by atoms with Crippen LogP contribution < -0.4 is 10.5 Å². The summed E-state index contributed by atoms with van der Waals surface area (Å²) < 4.78 is 27.0. The highest BCUT2D eigenvalue weighted by molar-refractivity contribution is 7.89. The lowest BCUT2D eigenvalue weighted by atomic mass is 10.00. The van der Waals surface area contributed by atoms with E-state index in [1.807, 2.05) is 37.3 Å². The molecule has 1 aromatic carbocycles. The summed E-state index contributed by atoms with van der Waals surface area (Å²) in [5, 5.41) is 7.53. The average molecular weight is 297 g/mol. The van der Waals surface area contributed by atoms with Crippen molar-refractivity contribution in [2.24, 2.45) is 5.73 Å². The van der Waals surface area contributed by atoms with Gasteiger partial charge >= 0.3 is 0 Å². The molecule has 0 aliphatic heterocycles. The molecule has 0 radical (unpaired) electrons. The molecule has 0 amide bonds. The van der Waals surface area contributed by atoms with Crippen LogP contribution in [0.5, 0.6) is 0 Å². The third kappa shape index (κ3) is 4.31. The van der Waals surface area contributed by atoms with Gasteiger partial charge < -0.3 is 5.73 Å². The molecule has 0 aliphatic carbocycles. The van der Waals surface area contributed by atoms with E-state index in [1.54, 1.807) is 13.8 Å². The van der Waals surface area contributed by atoms with Crippen LogP contribution in [0, 0.1) is 5.41 Å². The molecular weight excluding hydrogens is 274 g/mol. The lowest BCUT2D eigenvalue weighted by Gasteiger charge is -2.28. The second-order valence-corrected chi connectivity index (χ2v) is 7.06. The van der Waals surface area contributed by atoms with E-state index in [0.717, 1.165) is 5.56 Å². The summed E-state index contributed by atoms with van der Waals surface area (Å²) in [7, 11) is -3.51. The van der Waals surface area contributed by atoms with E-state index < -0.39 is 15.6 Å². The Morgan fingerprint density at radius 2 is 1.95 bits per heavy atom. The van der Waals surface area contributed by atoms with Gasteiger partial charge in [-0.2, -0.15) is 0 Å². The maximum absolute atomic E-state index is 12.2. The van der Waals surface area contributed by atoms with E-state index in [-0.39, 0.29) is 17.5 Å². The van der Waals surface area contributed by atoms with Crippen molar-refractivity contribution in [3.8, 4) is 0 Å². The van der Waals surface area contributed by atoms with Gasteiger partial charge in [0.1, 0.15) is 5.84 Å². The van der Waals surface area contributed by atoms with E-state index in [1.165, 1.54) is 0 Å². The van der Waals surface area contributed by atoms with E-state index in [4.69, 9.17) is 11.1 Å². The summed E-state index contributed by atoms with van der Waals surface area (Å²) in [6, 6.07) is 9.48. The van der Waals surface area contributed by atoms with Crippen molar-refractivity contribution in [1.82, 2.24) is 4.72 Å². The van der Waals surface area contributed by atoms with Crippen LogP contribution in [0.4, 0.5) is 0 Å². The van der Waals surface area contributed by atoms with Gasteiger partial charge in [-0.05, 0) is 24.8 Å². The number of nitrogens with two attached hydrogens (primary N) is 1. The number of benzene rings is 1. The minimum atomic E-state index is -3.51. The van der Waals surface area contributed by atoms with E-state index in [0.29, 0.717) is 6.42 Å². The van der Waals surface area contributed by atoms with Gasteiger partial charge in [-0.15, -0.1) is 0 Å². The number of rotatable bonds is 7. The normalized spacial score (nSPS) is 16.4. The summed E-state index contributed by atoms with van der Waals surface area (Å²) in [4.78, 5) is 0. The molecule has 5 nitrogen and oxygen atoms in total. The molecule has 1 rings (SSSR count). The summed E-state index contributed by atoms with van der Waals surface area (Å²) >= 11 is 0. The van der Waals surface area contributed by atoms with Gasteiger partial charge in [-0.1, -0.05) is 44.2 Å². The first-order valence-corrected chi connectivity index (χ1v) is 8.26. The van der Waals surface area contributed by atoms with Crippen LogP contribution in [0.25, 0.3) is 0 Å². The zero-order chi connectivity index (χ0) is 15.4. The quantitative estimate of drug-likeness (QED) is 0.529. The van der Waals surface area contributed by atoms with Gasteiger partial charge in [-0.3, -0.25) is 5.41 Å². The van der Waals surface area contributed by atoms with E-state index >= 15 is 0 Å². The van der Waals surface area contributed by atoms with E-state index in [9.17, 15) is 8.42 Å². The Hall–Kier alpha value is -1.40. The molecule has 112 valence electrons. The average Bonchev–Trinajstić information content (AvgIpc) is 2.38. The fourth-order valence-electron chi connectivity index (χ4n) is 1.91.